The van der Waals surface area contributed by atoms with Crippen LogP contribution in [0, 0.1) is 11.3 Å². The van der Waals surface area contributed by atoms with Gasteiger partial charge in [-0.15, -0.1) is 10.2 Å². The molecule has 4 nitrogen and oxygen atoms in total. The van der Waals surface area contributed by atoms with Crippen LogP contribution in [0.2, 0.25) is 5.02 Å². The largest absolute Gasteiger partial charge is 0.436 e. The van der Waals surface area contributed by atoms with E-state index < -0.39 is 11.7 Å². The van der Waals surface area contributed by atoms with Gasteiger partial charge in [0.05, 0.1) is 10.6 Å². The maximum Gasteiger partial charge on any atom is 0.416 e. The van der Waals surface area contributed by atoms with E-state index in [0.717, 1.165) is 18.2 Å². The van der Waals surface area contributed by atoms with Crippen molar-refractivity contribution in [3.05, 3.63) is 46.6 Å². The Morgan fingerprint density at radius 1 is 1.15 bits per heavy atom. The molecule has 0 saturated carbocycles. The van der Waals surface area contributed by atoms with Crippen LogP contribution >= 0.6 is 11.6 Å². The van der Waals surface area contributed by atoms with Crippen molar-refractivity contribution in [2.24, 2.45) is 0 Å². The zero-order chi connectivity index (χ0) is 14.8. The minimum absolute atomic E-state index is 0.00385. The fourth-order valence-corrected chi connectivity index (χ4v) is 1.46. The summed E-state index contributed by atoms with van der Waals surface area (Å²) < 4.78 is 42.9. The summed E-state index contributed by atoms with van der Waals surface area (Å²) in [6.07, 6.45) is -4.50. The van der Waals surface area contributed by atoms with E-state index in [9.17, 15) is 13.2 Å². The third-order valence-corrected chi connectivity index (χ3v) is 2.54. The summed E-state index contributed by atoms with van der Waals surface area (Å²) in [5.74, 6) is -0.259. The first kappa shape index (κ1) is 14.1. The average molecular weight is 300 g/mol. The van der Waals surface area contributed by atoms with Gasteiger partial charge in [0, 0.05) is 6.07 Å². The molecule has 102 valence electrons. The molecule has 1 aromatic heterocycles. The molecule has 0 fully saturated rings. The van der Waals surface area contributed by atoms with Crippen molar-refractivity contribution in [1.29, 1.82) is 5.26 Å². The molecule has 0 radical (unpaired) electrons. The number of hydrogen-bond donors (Lipinski definition) is 0. The molecular formula is C12H5ClF3N3O. The number of ether oxygens (including phenoxy) is 1. The molecule has 1 heterocycles. The van der Waals surface area contributed by atoms with Gasteiger partial charge in [-0.25, -0.2) is 0 Å². The summed E-state index contributed by atoms with van der Waals surface area (Å²) in [4.78, 5) is 0. The van der Waals surface area contributed by atoms with Gasteiger partial charge in [0.25, 0.3) is 0 Å². The summed E-state index contributed by atoms with van der Waals surface area (Å²) in [5.41, 5.74) is -0.828. The first-order valence-corrected chi connectivity index (χ1v) is 5.56. The van der Waals surface area contributed by atoms with E-state index in [-0.39, 0.29) is 22.3 Å². The highest BCUT2D eigenvalue weighted by Crippen LogP contribution is 2.36. The maximum absolute atomic E-state index is 12.6. The van der Waals surface area contributed by atoms with Gasteiger partial charge in [-0.2, -0.15) is 18.4 Å². The Morgan fingerprint density at radius 2 is 1.90 bits per heavy atom. The van der Waals surface area contributed by atoms with E-state index in [2.05, 4.69) is 10.2 Å². The predicted octanol–water partition coefficient (Wildman–Crippen LogP) is 3.81. The van der Waals surface area contributed by atoms with Gasteiger partial charge in [0.2, 0.25) is 5.88 Å². The molecule has 0 saturated heterocycles. The van der Waals surface area contributed by atoms with Crippen LogP contribution in [0.1, 0.15) is 11.3 Å². The first-order chi connectivity index (χ1) is 9.40. The van der Waals surface area contributed by atoms with E-state index in [0.29, 0.717) is 0 Å². The second-order valence-electron chi connectivity index (χ2n) is 3.61. The summed E-state index contributed by atoms with van der Waals surface area (Å²) in [6.45, 7) is 0. The molecule has 0 aliphatic rings. The molecule has 0 aliphatic heterocycles. The number of halogens is 4. The van der Waals surface area contributed by atoms with Crippen molar-refractivity contribution < 1.29 is 17.9 Å². The zero-order valence-electron chi connectivity index (χ0n) is 9.65. The minimum atomic E-state index is -4.50. The molecule has 8 heteroatoms. The van der Waals surface area contributed by atoms with E-state index in [1.807, 2.05) is 0 Å². The van der Waals surface area contributed by atoms with E-state index in [1.165, 1.54) is 12.1 Å². The molecule has 0 unspecified atom stereocenters. The van der Waals surface area contributed by atoms with Crippen LogP contribution in [0.15, 0.2) is 30.3 Å². The third-order valence-electron chi connectivity index (χ3n) is 2.23. The van der Waals surface area contributed by atoms with Gasteiger partial charge >= 0.3 is 6.18 Å². The quantitative estimate of drug-likeness (QED) is 0.846. The lowest BCUT2D eigenvalue weighted by Gasteiger charge is -2.10. The number of nitriles is 1. The molecule has 0 aliphatic carbocycles. The van der Waals surface area contributed by atoms with E-state index in [1.54, 1.807) is 6.07 Å². The van der Waals surface area contributed by atoms with Gasteiger partial charge < -0.3 is 4.74 Å². The third kappa shape index (κ3) is 3.16. The van der Waals surface area contributed by atoms with Gasteiger partial charge in [0.1, 0.15) is 11.8 Å². The van der Waals surface area contributed by atoms with Gasteiger partial charge in [-0.1, -0.05) is 11.6 Å². The fourth-order valence-electron chi connectivity index (χ4n) is 1.30. The second kappa shape index (κ2) is 5.35. The molecule has 2 rings (SSSR count). The van der Waals surface area contributed by atoms with E-state index in [4.69, 9.17) is 21.6 Å². The van der Waals surface area contributed by atoms with Crippen LogP contribution in [0.25, 0.3) is 0 Å². The molecule has 20 heavy (non-hydrogen) atoms. The lowest BCUT2D eigenvalue weighted by molar-refractivity contribution is -0.137. The molecule has 0 N–H and O–H groups in total. The number of aromatic nitrogens is 2. The number of alkyl halides is 3. The van der Waals surface area contributed by atoms with Crippen molar-refractivity contribution in [2.45, 2.75) is 6.18 Å². The molecule has 0 spiro atoms. The molecule has 0 atom stereocenters. The standard InChI is InChI=1S/C12H5ClF3N3O/c13-9-3-1-7(12(14,15)16)5-10(9)20-11-4-2-8(6-17)18-19-11/h1-5H. The van der Waals surface area contributed by atoms with Crippen molar-refractivity contribution in [2.75, 3.05) is 0 Å². The smallest absolute Gasteiger partial charge is 0.416 e. The monoisotopic (exact) mass is 299 g/mol. The molecule has 2 aromatic rings. The zero-order valence-corrected chi connectivity index (χ0v) is 10.4. The summed E-state index contributed by atoms with van der Waals surface area (Å²) >= 11 is 5.76. The average Bonchev–Trinajstić information content (AvgIpc) is 2.41. The topological polar surface area (TPSA) is 58.8 Å². The lowest BCUT2D eigenvalue weighted by atomic mass is 10.2. The number of nitrogens with zero attached hydrogens (tertiary/aromatic N) is 3. The highest BCUT2D eigenvalue weighted by Gasteiger charge is 2.31. The summed E-state index contributed by atoms with van der Waals surface area (Å²) in [5, 5.41) is 15.6. The van der Waals surface area contributed by atoms with Crippen molar-refractivity contribution in [3.8, 4) is 17.7 Å². The summed E-state index contributed by atoms with van der Waals surface area (Å²) in [7, 11) is 0. The normalized spacial score (nSPS) is 10.9. The van der Waals surface area contributed by atoms with Crippen molar-refractivity contribution in [3.63, 3.8) is 0 Å². The van der Waals surface area contributed by atoms with Crippen molar-refractivity contribution in [1.82, 2.24) is 10.2 Å². The Kier molecular flexibility index (Phi) is 3.77. The number of benzene rings is 1. The maximum atomic E-state index is 12.6. The number of hydrogen-bond acceptors (Lipinski definition) is 4. The molecule has 0 amide bonds. The van der Waals surface area contributed by atoms with Gasteiger partial charge in [-0.05, 0) is 24.3 Å². The lowest BCUT2D eigenvalue weighted by Crippen LogP contribution is -2.05. The van der Waals surface area contributed by atoms with Crippen LogP contribution < -0.4 is 4.74 Å². The highest BCUT2D eigenvalue weighted by atomic mass is 35.5. The van der Waals surface area contributed by atoms with Crippen LogP contribution in [0.5, 0.6) is 11.6 Å². The molecular weight excluding hydrogens is 295 g/mol. The Hall–Kier alpha value is -2.33. The Bertz CT molecular complexity index is 665. The Morgan fingerprint density at radius 3 is 2.45 bits per heavy atom. The Balaban J connectivity index is 2.30. The minimum Gasteiger partial charge on any atom is -0.436 e. The number of rotatable bonds is 2. The second-order valence-corrected chi connectivity index (χ2v) is 4.02. The Labute approximate surface area is 116 Å². The molecule has 0 bridgehead atoms. The SMILES string of the molecule is N#Cc1ccc(Oc2cc(C(F)(F)F)ccc2Cl)nn1. The van der Waals surface area contributed by atoms with Crippen LogP contribution in [0.3, 0.4) is 0 Å². The van der Waals surface area contributed by atoms with E-state index >= 15 is 0 Å². The van der Waals surface area contributed by atoms with Crippen molar-refractivity contribution >= 4 is 11.6 Å². The highest BCUT2D eigenvalue weighted by molar-refractivity contribution is 6.32. The van der Waals surface area contributed by atoms with Crippen LogP contribution in [-0.2, 0) is 6.18 Å². The van der Waals surface area contributed by atoms with Crippen LogP contribution in [-0.4, -0.2) is 10.2 Å². The predicted molar refractivity (Wildman–Crippen MR) is 63.3 cm³/mol. The fraction of sp³-hybridized carbons (Fsp3) is 0.0833. The molecule has 1 aromatic carbocycles. The first-order valence-electron chi connectivity index (χ1n) is 5.18. The van der Waals surface area contributed by atoms with Gasteiger partial charge in [0.15, 0.2) is 5.69 Å². The van der Waals surface area contributed by atoms with Gasteiger partial charge in [-0.3, -0.25) is 0 Å². The van der Waals surface area contributed by atoms with Crippen LogP contribution in [0.4, 0.5) is 13.2 Å². The summed E-state index contributed by atoms with van der Waals surface area (Å²) in [6, 6.07) is 7.08.